The largest absolute Gasteiger partial charge is 0.507 e. The Hall–Kier alpha value is -3.15. The van der Waals surface area contributed by atoms with E-state index >= 15 is 0 Å². The average Bonchev–Trinajstić information content (AvgIpc) is 3.11. The van der Waals surface area contributed by atoms with Crippen molar-refractivity contribution in [3.63, 3.8) is 0 Å². The minimum absolute atomic E-state index is 0.119. The third-order valence-electron chi connectivity index (χ3n) is 5.67. The molecule has 0 saturated carbocycles. The molecule has 6 nitrogen and oxygen atoms in total. The molecule has 6 heteroatoms. The molecule has 0 bridgehead atoms. The molecule has 1 aliphatic rings. The summed E-state index contributed by atoms with van der Waals surface area (Å²) < 4.78 is 0. The van der Waals surface area contributed by atoms with Crippen molar-refractivity contribution in [1.29, 1.82) is 0 Å². The number of aromatic hydroxyl groups is 1. The van der Waals surface area contributed by atoms with Crippen LogP contribution < -0.4 is 5.43 Å². The van der Waals surface area contributed by atoms with E-state index in [0.717, 1.165) is 47.7 Å². The van der Waals surface area contributed by atoms with Crippen LogP contribution in [0.2, 0.25) is 0 Å². The number of nitrogens with zero attached hydrogens (tertiary/aromatic N) is 2. The molecule has 1 heterocycles. The average molecular weight is 405 g/mol. The molecular weight excluding hydrogens is 376 g/mol. The molecule has 4 rings (SSSR count). The van der Waals surface area contributed by atoms with Crippen molar-refractivity contribution >= 4 is 22.9 Å². The van der Waals surface area contributed by atoms with E-state index in [4.69, 9.17) is 0 Å². The Morgan fingerprint density at radius 3 is 2.90 bits per heavy atom. The topological polar surface area (TPSA) is 90.4 Å². The van der Waals surface area contributed by atoms with Crippen LogP contribution in [0.1, 0.15) is 60.9 Å². The van der Waals surface area contributed by atoms with Crippen molar-refractivity contribution in [2.45, 2.75) is 46.5 Å². The highest BCUT2D eigenvalue weighted by molar-refractivity contribution is 6.03. The van der Waals surface area contributed by atoms with Crippen LogP contribution in [0, 0.1) is 11.3 Å². The molecule has 0 saturated heterocycles. The molecule has 2 aromatic carbocycles. The molecule has 0 radical (unpaired) electrons. The standard InChI is InChI=1S/C24H28N4O2/c1-24(2,3)13-15-8-10-20-18(12-15)22(27-26-20)23(30)28-25-14-19-17-7-5-4-6-16(17)9-11-21(19)29/h4-7,9,11,14-15,29H,8,10,12-13H2,1-3H3,(H,26,27)(H,28,30)/b25-14-/t15-/m0/s1. The van der Waals surface area contributed by atoms with Crippen molar-refractivity contribution in [1.82, 2.24) is 15.6 Å². The van der Waals surface area contributed by atoms with Gasteiger partial charge in [-0.1, -0.05) is 51.1 Å². The van der Waals surface area contributed by atoms with Gasteiger partial charge in [-0.2, -0.15) is 10.2 Å². The first kappa shape index (κ1) is 20.1. The van der Waals surface area contributed by atoms with Crippen molar-refractivity contribution in [2.75, 3.05) is 0 Å². The summed E-state index contributed by atoms with van der Waals surface area (Å²) >= 11 is 0. The van der Waals surface area contributed by atoms with Crippen LogP contribution in [-0.2, 0) is 12.8 Å². The van der Waals surface area contributed by atoms with E-state index in [9.17, 15) is 9.90 Å². The molecule has 0 fully saturated rings. The lowest BCUT2D eigenvalue weighted by molar-refractivity contribution is 0.0948. The Balaban J connectivity index is 1.50. The van der Waals surface area contributed by atoms with Gasteiger partial charge in [-0.05, 0) is 53.9 Å². The number of aryl methyl sites for hydroxylation is 1. The van der Waals surface area contributed by atoms with Gasteiger partial charge in [0.25, 0.3) is 5.91 Å². The Morgan fingerprint density at radius 1 is 1.30 bits per heavy atom. The number of rotatable bonds is 4. The lowest BCUT2D eigenvalue weighted by atomic mass is 9.76. The van der Waals surface area contributed by atoms with E-state index in [2.05, 4.69) is 41.5 Å². The fourth-order valence-electron chi connectivity index (χ4n) is 4.42. The second kappa shape index (κ2) is 7.94. The maximum atomic E-state index is 12.7. The van der Waals surface area contributed by atoms with Gasteiger partial charge in [-0.25, -0.2) is 5.43 Å². The van der Waals surface area contributed by atoms with E-state index in [1.807, 2.05) is 30.3 Å². The van der Waals surface area contributed by atoms with Gasteiger partial charge in [-0.15, -0.1) is 0 Å². The predicted octanol–water partition coefficient (Wildman–Crippen LogP) is 4.57. The zero-order valence-electron chi connectivity index (χ0n) is 17.7. The number of aromatic nitrogens is 2. The van der Waals surface area contributed by atoms with Gasteiger partial charge in [-0.3, -0.25) is 9.89 Å². The molecule has 3 aromatic rings. The first-order chi connectivity index (χ1) is 14.3. The maximum Gasteiger partial charge on any atom is 0.292 e. The van der Waals surface area contributed by atoms with Crippen LogP contribution in [0.15, 0.2) is 41.5 Å². The number of nitrogens with one attached hydrogen (secondary N) is 2. The van der Waals surface area contributed by atoms with Crippen LogP contribution in [-0.4, -0.2) is 27.4 Å². The molecule has 156 valence electrons. The van der Waals surface area contributed by atoms with Crippen LogP contribution in [0.25, 0.3) is 10.8 Å². The molecule has 0 unspecified atom stereocenters. The van der Waals surface area contributed by atoms with Gasteiger partial charge in [0.2, 0.25) is 0 Å². The van der Waals surface area contributed by atoms with Crippen LogP contribution >= 0.6 is 0 Å². The van der Waals surface area contributed by atoms with E-state index in [1.54, 1.807) is 6.07 Å². The van der Waals surface area contributed by atoms with E-state index in [0.29, 0.717) is 17.2 Å². The second-order valence-electron chi connectivity index (χ2n) is 9.32. The summed E-state index contributed by atoms with van der Waals surface area (Å²) in [4.78, 5) is 12.7. The number of fused-ring (bicyclic) bond motifs is 2. The number of hydrogen-bond acceptors (Lipinski definition) is 4. The van der Waals surface area contributed by atoms with E-state index in [1.165, 1.54) is 6.21 Å². The molecule has 1 amide bonds. The van der Waals surface area contributed by atoms with Gasteiger partial charge in [0, 0.05) is 16.8 Å². The van der Waals surface area contributed by atoms with Crippen molar-refractivity contribution in [3.8, 4) is 5.75 Å². The van der Waals surface area contributed by atoms with Gasteiger partial charge in [0.05, 0.1) is 6.21 Å². The van der Waals surface area contributed by atoms with E-state index in [-0.39, 0.29) is 17.1 Å². The summed E-state index contributed by atoms with van der Waals surface area (Å²) in [6, 6.07) is 11.2. The molecule has 1 aromatic heterocycles. The highest BCUT2D eigenvalue weighted by Gasteiger charge is 2.29. The predicted molar refractivity (Wildman–Crippen MR) is 119 cm³/mol. The number of aromatic amines is 1. The zero-order valence-corrected chi connectivity index (χ0v) is 17.7. The first-order valence-electron chi connectivity index (χ1n) is 10.4. The van der Waals surface area contributed by atoms with Gasteiger partial charge >= 0.3 is 0 Å². The van der Waals surface area contributed by atoms with Gasteiger partial charge in [0.1, 0.15) is 5.75 Å². The molecule has 1 atom stereocenters. The number of carbonyl (C=O) groups is 1. The molecule has 30 heavy (non-hydrogen) atoms. The molecule has 3 N–H and O–H groups in total. The SMILES string of the molecule is CC(C)(C)C[C@H]1CCc2[nH]nc(C(=O)N/N=C\c3c(O)ccc4ccccc34)c2C1. The number of hydrogen-bond donors (Lipinski definition) is 3. The number of carbonyl (C=O) groups excluding carboxylic acids is 1. The van der Waals surface area contributed by atoms with Gasteiger partial charge < -0.3 is 5.11 Å². The number of hydrazone groups is 1. The number of phenolic OH excluding ortho intramolecular Hbond substituents is 1. The summed E-state index contributed by atoms with van der Waals surface area (Å²) in [5, 5.41) is 23.5. The summed E-state index contributed by atoms with van der Waals surface area (Å²) in [5.41, 5.74) is 5.90. The minimum Gasteiger partial charge on any atom is -0.507 e. The third-order valence-corrected chi connectivity index (χ3v) is 5.67. The Morgan fingerprint density at radius 2 is 2.10 bits per heavy atom. The molecule has 0 spiro atoms. The second-order valence-corrected chi connectivity index (χ2v) is 9.32. The van der Waals surface area contributed by atoms with Crippen molar-refractivity contribution in [3.05, 3.63) is 58.9 Å². The van der Waals surface area contributed by atoms with E-state index < -0.39 is 0 Å². The Bertz CT molecular complexity index is 1110. The molecular formula is C24H28N4O2. The van der Waals surface area contributed by atoms with Crippen molar-refractivity contribution < 1.29 is 9.90 Å². The number of benzene rings is 2. The summed E-state index contributed by atoms with van der Waals surface area (Å²) in [6.07, 6.45) is 5.50. The Kier molecular flexibility index (Phi) is 5.33. The number of amides is 1. The highest BCUT2D eigenvalue weighted by atomic mass is 16.3. The van der Waals surface area contributed by atoms with Crippen LogP contribution in [0.4, 0.5) is 0 Å². The summed E-state index contributed by atoms with van der Waals surface area (Å²) in [5.74, 6) is 0.339. The van der Waals surface area contributed by atoms with Gasteiger partial charge in [0.15, 0.2) is 5.69 Å². The first-order valence-corrected chi connectivity index (χ1v) is 10.4. The molecule has 1 aliphatic carbocycles. The monoisotopic (exact) mass is 404 g/mol. The molecule has 0 aliphatic heterocycles. The van der Waals surface area contributed by atoms with Crippen LogP contribution in [0.3, 0.4) is 0 Å². The quantitative estimate of drug-likeness (QED) is 0.439. The summed E-state index contributed by atoms with van der Waals surface area (Å²) in [6.45, 7) is 6.76. The zero-order chi connectivity index (χ0) is 21.3. The highest BCUT2D eigenvalue weighted by Crippen LogP contribution is 2.34. The van der Waals surface area contributed by atoms with Crippen molar-refractivity contribution in [2.24, 2.45) is 16.4 Å². The lowest BCUT2D eigenvalue weighted by Gasteiger charge is -2.28. The normalized spacial score (nSPS) is 16.7. The Labute approximate surface area is 176 Å². The smallest absolute Gasteiger partial charge is 0.292 e. The number of H-pyrrole nitrogens is 1. The fourth-order valence-corrected chi connectivity index (χ4v) is 4.42. The lowest BCUT2D eigenvalue weighted by Crippen LogP contribution is -2.24. The maximum absolute atomic E-state index is 12.7. The summed E-state index contributed by atoms with van der Waals surface area (Å²) in [7, 11) is 0. The van der Waals surface area contributed by atoms with Crippen LogP contribution in [0.5, 0.6) is 5.75 Å². The number of phenols is 1. The minimum atomic E-state index is -0.333. The fraction of sp³-hybridized carbons (Fsp3) is 0.375. The third kappa shape index (κ3) is 4.22.